The molecular formula is C38H72O5. The third kappa shape index (κ3) is 33.4. The summed E-state index contributed by atoms with van der Waals surface area (Å²) < 4.78 is 10.6. The highest BCUT2D eigenvalue weighted by atomic mass is 16.6. The number of unbranched alkanes of at least 4 members (excludes halogenated alkanes) is 24. The van der Waals surface area contributed by atoms with Crippen LogP contribution in [0.4, 0.5) is 0 Å². The van der Waals surface area contributed by atoms with Crippen LogP contribution in [0.25, 0.3) is 0 Å². The molecule has 0 aromatic rings. The van der Waals surface area contributed by atoms with Gasteiger partial charge in [-0.1, -0.05) is 161 Å². The maximum atomic E-state index is 12.1. The van der Waals surface area contributed by atoms with Crippen LogP contribution in [-0.2, 0) is 19.1 Å². The Kier molecular flexibility index (Phi) is 34.0. The van der Waals surface area contributed by atoms with Gasteiger partial charge < -0.3 is 14.6 Å². The van der Waals surface area contributed by atoms with E-state index in [1.807, 2.05) is 0 Å². The molecule has 5 nitrogen and oxygen atoms in total. The van der Waals surface area contributed by atoms with E-state index in [9.17, 15) is 14.7 Å². The van der Waals surface area contributed by atoms with Crippen LogP contribution in [0.3, 0.4) is 0 Å². The van der Waals surface area contributed by atoms with Crippen molar-refractivity contribution in [3.05, 3.63) is 12.2 Å². The van der Waals surface area contributed by atoms with E-state index in [0.29, 0.717) is 12.8 Å². The molecule has 0 radical (unpaired) electrons. The second kappa shape index (κ2) is 35.1. The van der Waals surface area contributed by atoms with E-state index >= 15 is 0 Å². The van der Waals surface area contributed by atoms with Crippen LogP contribution in [0.15, 0.2) is 12.2 Å². The molecule has 0 bridgehead atoms. The van der Waals surface area contributed by atoms with Crippen LogP contribution < -0.4 is 0 Å². The Morgan fingerprint density at radius 1 is 0.512 bits per heavy atom. The first kappa shape index (κ1) is 41.6. The summed E-state index contributed by atoms with van der Waals surface area (Å²) in [7, 11) is 0. The van der Waals surface area contributed by atoms with Gasteiger partial charge in [0, 0.05) is 12.8 Å². The van der Waals surface area contributed by atoms with Gasteiger partial charge in [-0.25, -0.2) is 0 Å². The monoisotopic (exact) mass is 609 g/mol. The van der Waals surface area contributed by atoms with E-state index < -0.39 is 6.10 Å². The third-order valence-electron chi connectivity index (χ3n) is 8.31. The summed E-state index contributed by atoms with van der Waals surface area (Å²) in [5, 5.41) is 9.53. The lowest BCUT2D eigenvalue weighted by atomic mass is 10.0. The zero-order valence-electron chi connectivity index (χ0n) is 28.7. The number of carbonyl (C=O) groups is 2. The highest BCUT2D eigenvalue weighted by Gasteiger charge is 2.16. The minimum absolute atomic E-state index is 0.0618. The Balaban J connectivity index is 3.54. The molecule has 0 aliphatic heterocycles. The van der Waals surface area contributed by atoms with Gasteiger partial charge in [0.05, 0.1) is 6.61 Å². The van der Waals surface area contributed by atoms with Gasteiger partial charge >= 0.3 is 11.9 Å². The summed E-state index contributed by atoms with van der Waals surface area (Å²) in [5.74, 6) is -0.588. The van der Waals surface area contributed by atoms with Crippen LogP contribution in [0, 0.1) is 0 Å². The molecule has 0 saturated heterocycles. The summed E-state index contributed by atoms with van der Waals surface area (Å²) in [6.45, 7) is 4.13. The van der Waals surface area contributed by atoms with E-state index in [4.69, 9.17) is 9.47 Å². The second-order valence-electron chi connectivity index (χ2n) is 12.7. The number of aliphatic hydroxyl groups excluding tert-OH is 1. The Morgan fingerprint density at radius 3 is 1.28 bits per heavy atom. The Hall–Kier alpha value is -1.36. The number of rotatable bonds is 34. The Bertz CT molecular complexity index is 617. The summed E-state index contributed by atoms with van der Waals surface area (Å²) in [6.07, 6.45) is 38.3. The molecule has 0 rings (SSSR count). The minimum atomic E-state index is -0.766. The van der Waals surface area contributed by atoms with Crippen molar-refractivity contribution in [3.63, 3.8) is 0 Å². The molecule has 1 atom stereocenters. The molecule has 0 aromatic heterocycles. The zero-order chi connectivity index (χ0) is 31.5. The fraction of sp³-hybridized carbons (Fsp3) is 0.895. The SMILES string of the molecule is CCCCCC/C=C/CCCCCCCCCC(=O)O[C@@H](CO)COC(=O)CCCCCCCCCCCCCCCC. The van der Waals surface area contributed by atoms with Crippen molar-refractivity contribution in [3.8, 4) is 0 Å². The Morgan fingerprint density at radius 2 is 0.860 bits per heavy atom. The van der Waals surface area contributed by atoms with E-state index in [2.05, 4.69) is 26.0 Å². The van der Waals surface area contributed by atoms with E-state index in [-0.39, 0.29) is 25.2 Å². The second-order valence-corrected chi connectivity index (χ2v) is 12.7. The van der Waals surface area contributed by atoms with Crippen LogP contribution >= 0.6 is 0 Å². The first-order valence-corrected chi connectivity index (χ1v) is 18.7. The lowest BCUT2D eigenvalue weighted by Crippen LogP contribution is -2.28. The largest absolute Gasteiger partial charge is 0.462 e. The first-order chi connectivity index (χ1) is 21.1. The molecule has 0 unspecified atom stereocenters. The summed E-state index contributed by atoms with van der Waals surface area (Å²) >= 11 is 0. The molecule has 0 saturated carbocycles. The van der Waals surface area contributed by atoms with Gasteiger partial charge in [0.25, 0.3) is 0 Å². The van der Waals surface area contributed by atoms with Crippen molar-refractivity contribution in [1.82, 2.24) is 0 Å². The number of aliphatic hydroxyl groups is 1. The molecule has 0 amide bonds. The number of hydrogen-bond acceptors (Lipinski definition) is 5. The maximum absolute atomic E-state index is 12.1. The molecule has 0 spiro atoms. The molecule has 0 aromatic carbocycles. The predicted octanol–water partition coefficient (Wildman–Crippen LogP) is 11.3. The van der Waals surface area contributed by atoms with Crippen molar-refractivity contribution in [1.29, 1.82) is 0 Å². The Labute approximate surface area is 267 Å². The zero-order valence-corrected chi connectivity index (χ0v) is 28.7. The normalized spacial score (nSPS) is 12.2. The van der Waals surface area contributed by atoms with E-state index in [1.54, 1.807) is 0 Å². The van der Waals surface area contributed by atoms with Gasteiger partial charge in [-0.15, -0.1) is 0 Å². The van der Waals surface area contributed by atoms with Crippen LogP contribution in [0.2, 0.25) is 0 Å². The van der Waals surface area contributed by atoms with Gasteiger partial charge in [-0.2, -0.15) is 0 Å². The standard InChI is InChI=1S/C38H72O5/c1-3-5-7-9-11-13-15-17-19-21-23-25-27-29-31-33-38(41)43-36(34-39)35-42-37(40)32-30-28-26-24-22-20-18-16-14-12-10-8-6-4-2/h13,15,36,39H,3-12,14,16-35H2,1-2H3/b15-13+/t36-/m0/s1. The summed E-state index contributed by atoms with van der Waals surface area (Å²) in [4.78, 5) is 24.2. The van der Waals surface area contributed by atoms with Crippen molar-refractivity contribution < 1.29 is 24.2 Å². The smallest absolute Gasteiger partial charge is 0.306 e. The van der Waals surface area contributed by atoms with Crippen LogP contribution in [-0.4, -0.2) is 36.4 Å². The lowest BCUT2D eigenvalue weighted by Gasteiger charge is -2.15. The molecule has 0 aliphatic carbocycles. The fourth-order valence-electron chi connectivity index (χ4n) is 5.43. The van der Waals surface area contributed by atoms with Gasteiger partial charge in [0.15, 0.2) is 6.10 Å². The molecule has 0 heterocycles. The van der Waals surface area contributed by atoms with Gasteiger partial charge in [-0.05, 0) is 38.5 Å². The van der Waals surface area contributed by atoms with Gasteiger partial charge in [0.1, 0.15) is 6.61 Å². The van der Waals surface area contributed by atoms with Gasteiger partial charge in [0.2, 0.25) is 0 Å². The van der Waals surface area contributed by atoms with Crippen molar-refractivity contribution in [2.75, 3.05) is 13.2 Å². The predicted molar refractivity (Wildman–Crippen MR) is 182 cm³/mol. The number of hydrogen-bond donors (Lipinski definition) is 1. The molecule has 5 heteroatoms. The summed E-state index contributed by atoms with van der Waals surface area (Å²) in [6, 6.07) is 0. The number of carbonyl (C=O) groups excluding carboxylic acids is 2. The number of allylic oxidation sites excluding steroid dienone is 2. The fourth-order valence-corrected chi connectivity index (χ4v) is 5.43. The minimum Gasteiger partial charge on any atom is -0.462 e. The van der Waals surface area contributed by atoms with E-state index in [1.165, 1.54) is 135 Å². The maximum Gasteiger partial charge on any atom is 0.306 e. The molecule has 1 N–H and O–H groups in total. The third-order valence-corrected chi connectivity index (χ3v) is 8.31. The average molecular weight is 609 g/mol. The number of esters is 2. The summed E-state index contributed by atoms with van der Waals surface area (Å²) in [5.41, 5.74) is 0. The average Bonchev–Trinajstić information content (AvgIpc) is 3.01. The topological polar surface area (TPSA) is 72.8 Å². The molecule has 43 heavy (non-hydrogen) atoms. The van der Waals surface area contributed by atoms with Crippen molar-refractivity contribution in [2.24, 2.45) is 0 Å². The van der Waals surface area contributed by atoms with Crippen molar-refractivity contribution in [2.45, 2.75) is 206 Å². The molecular weight excluding hydrogens is 536 g/mol. The molecule has 254 valence electrons. The lowest BCUT2D eigenvalue weighted by molar-refractivity contribution is -0.161. The van der Waals surface area contributed by atoms with Crippen molar-refractivity contribution >= 4 is 11.9 Å². The van der Waals surface area contributed by atoms with Crippen LogP contribution in [0.5, 0.6) is 0 Å². The highest BCUT2D eigenvalue weighted by molar-refractivity contribution is 5.70. The highest BCUT2D eigenvalue weighted by Crippen LogP contribution is 2.14. The molecule has 0 aliphatic rings. The van der Waals surface area contributed by atoms with Crippen LogP contribution in [0.1, 0.15) is 200 Å². The first-order valence-electron chi connectivity index (χ1n) is 18.7. The molecule has 0 fully saturated rings. The van der Waals surface area contributed by atoms with Gasteiger partial charge in [-0.3, -0.25) is 9.59 Å². The number of ether oxygens (including phenoxy) is 2. The van der Waals surface area contributed by atoms with E-state index in [0.717, 1.165) is 38.5 Å². The quantitative estimate of drug-likeness (QED) is 0.0447.